The van der Waals surface area contributed by atoms with Gasteiger partial charge in [0.05, 0.1) is 29.0 Å². The van der Waals surface area contributed by atoms with Crippen molar-refractivity contribution in [3.05, 3.63) is 58.9 Å². The predicted octanol–water partition coefficient (Wildman–Crippen LogP) is 3.65. The van der Waals surface area contributed by atoms with Gasteiger partial charge in [-0.25, -0.2) is 0 Å². The first-order valence-electron chi connectivity index (χ1n) is 8.91. The van der Waals surface area contributed by atoms with Gasteiger partial charge in [0.25, 0.3) is 5.69 Å². The van der Waals surface area contributed by atoms with E-state index in [1.165, 1.54) is 36.3 Å². The van der Waals surface area contributed by atoms with Gasteiger partial charge in [-0.05, 0) is 31.2 Å². The molecule has 1 heterocycles. The van der Waals surface area contributed by atoms with Gasteiger partial charge >= 0.3 is 0 Å². The van der Waals surface area contributed by atoms with Crippen LogP contribution in [0.2, 0.25) is 0 Å². The summed E-state index contributed by atoms with van der Waals surface area (Å²) in [5.74, 6) is 1.14. The molecule has 3 aromatic rings. The molecule has 0 unspecified atom stereocenters. The standard InChI is InChI=1S/C19H19N5O5S/c1-3-28-15-4-6-16(7-5-15)29-17-9-13(8-14(10-17)24(26)27)21-18(25)11-30-19-22-20-12-23(19)2/h4-10,12H,3,11H2,1-2H3,(H,21,25). The van der Waals surface area contributed by atoms with E-state index in [1.807, 2.05) is 6.92 Å². The van der Waals surface area contributed by atoms with Crippen LogP contribution in [0.4, 0.5) is 11.4 Å². The van der Waals surface area contributed by atoms with Crippen LogP contribution in [0.1, 0.15) is 6.92 Å². The lowest BCUT2D eigenvalue weighted by Crippen LogP contribution is -2.14. The number of carbonyl (C=O) groups is 1. The number of carbonyl (C=O) groups excluding carboxylic acids is 1. The van der Waals surface area contributed by atoms with Crippen molar-refractivity contribution >= 4 is 29.0 Å². The molecule has 1 N–H and O–H groups in total. The SMILES string of the molecule is CCOc1ccc(Oc2cc(NC(=O)CSc3nncn3C)cc([N+](=O)[O-])c2)cc1. The fourth-order valence-corrected chi connectivity index (χ4v) is 3.14. The van der Waals surface area contributed by atoms with Crippen molar-refractivity contribution in [3.63, 3.8) is 0 Å². The minimum atomic E-state index is -0.547. The maximum Gasteiger partial charge on any atom is 0.275 e. The van der Waals surface area contributed by atoms with Crippen molar-refractivity contribution in [2.75, 3.05) is 17.7 Å². The van der Waals surface area contributed by atoms with Gasteiger partial charge in [0.15, 0.2) is 5.16 Å². The van der Waals surface area contributed by atoms with E-state index < -0.39 is 4.92 Å². The highest BCUT2D eigenvalue weighted by molar-refractivity contribution is 7.99. The van der Waals surface area contributed by atoms with Crippen molar-refractivity contribution in [2.45, 2.75) is 12.1 Å². The first-order valence-corrected chi connectivity index (χ1v) is 9.90. The Labute approximate surface area is 176 Å². The number of rotatable bonds is 9. The molecule has 0 atom stereocenters. The number of aryl methyl sites for hydroxylation is 1. The number of thioether (sulfide) groups is 1. The van der Waals surface area contributed by atoms with Crippen LogP contribution < -0.4 is 14.8 Å². The first-order chi connectivity index (χ1) is 14.4. The number of nitrogens with zero attached hydrogens (tertiary/aromatic N) is 4. The summed E-state index contributed by atoms with van der Waals surface area (Å²) in [6.45, 7) is 2.43. The highest BCUT2D eigenvalue weighted by Gasteiger charge is 2.14. The molecular weight excluding hydrogens is 410 g/mol. The molecule has 0 spiro atoms. The van der Waals surface area contributed by atoms with Crippen LogP contribution in [0.15, 0.2) is 53.9 Å². The van der Waals surface area contributed by atoms with E-state index in [2.05, 4.69) is 15.5 Å². The summed E-state index contributed by atoms with van der Waals surface area (Å²) in [6, 6.07) is 11.0. The van der Waals surface area contributed by atoms with Gasteiger partial charge in [0.2, 0.25) is 5.91 Å². The van der Waals surface area contributed by atoms with E-state index in [-0.39, 0.29) is 28.8 Å². The zero-order valence-electron chi connectivity index (χ0n) is 16.3. The zero-order valence-corrected chi connectivity index (χ0v) is 17.1. The number of anilines is 1. The van der Waals surface area contributed by atoms with Gasteiger partial charge in [-0.3, -0.25) is 14.9 Å². The fraction of sp³-hybridized carbons (Fsp3) is 0.211. The lowest BCUT2D eigenvalue weighted by atomic mass is 10.2. The Kier molecular flexibility index (Phi) is 6.86. The Balaban J connectivity index is 1.71. The minimum absolute atomic E-state index is 0.0737. The molecule has 0 aliphatic rings. The van der Waals surface area contributed by atoms with Crippen LogP contribution in [0, 0.1) is 10.1 Å². The Morgan fingerprint density at radius 3 is 2.57 bits per heavy atom. The normalized spacial score (nSPS) is 10.5. The molecule has 0 radical (unpaired) electrons. The van der Waals surface area contributed by atoms with Crippen molar-refractivity contribution in [2.24, 2.45) is 7.05 Å². The molecule has 3 rings (SSSR count). The van der Waals surface area contributed by atoms with Crippen molar-refractivity contribution in [1.82, 2.24) is 14.8 Å². The van der Waals surface area contributed by atoms with Crippen LogP contribution in [-0.4, -0.2) is 38.0 Å². The summed E-state index contributed by atoms with van der Waals surface area (Å²) in [7, 11) is 1.77. The molecule has 0 fully saturated rings. The Hall–Kier alpha value is -3.60. The van der Waals surface area contributed by atoms with Gasteiger partial charge in [-0.1, -0.05) is 11.8 Å². The number of non-ortho nitro benzene ring substituents is 1. The third kappa shape index (κ3) is 5.70. The van der Waals surface area contributed by atoms with Crippen molar-refractivity contribution < 1.29 is 19.2 Å². The molecule has 30 heavy (non-hydrogen) atoms. The summed E-state index contributed by atoms with van der Waals surface area (Å²) in [5, 5.41) is 22.1. The predicted molar refractivity (Wildman–Crippen MR) is 111 cm³/mol. The maximum absolute atomic E-state index is 12.3. The van der Waals surface area contributed by atoms with E-state index in [1.54, 1.807) is 35.9 Å². The molecule has 2 aromatic carbocycles. The smallest absolute Gasteiger partial charge is 0.275 e. The number of benzene rings is 2. The second-order valence-corrected chi connectivity index (χ2v) is 6.98. The second-order valence-electron chi connectivity index (χ2n) is 6.04. The number of nitro groups is 1. The van der Waals surface area contributed by atoms with Gasteiger partial charge < -0.3 is 19.4 Å². The van der Waals surface area contributed by atoms with E-state index in [0.717, 1.165) is 0 Å². The average molecular weight is 429 g/mol. The first kappa shape index (κ1) is 21.1. The molecule has 1 aromatic heterocycles. The summed E-state index contributed by atoms with van der Waals surface area (Å²) in [4.78, 5) is 23.0. The molecule has 0 saturated carbocycles. The Bertz CT molecular complexity index is 1040. The van der Waals surface area contributed by atoms with Crippen molar-refractivity contribution in [3.8, 4) is 17.2 Å². The van der Waals surface area contributed by atoms with Crippen LogP contribution in [0.25, 0.3) is 0 Å². The molecule has 1 amide bonds. The van der Waals surface area contributed by atoms with E-state index >= 15 is 0 Å². The molecule has 0 aliphatic carbocycles. The van der Waals surface area contributed by atoms with E-state index in [0.29, 0.717) is 23.3 Å². The fourth-order valence-electron chi connectivity index (χ4n) is 2.46. The molecule has 0 saturated heterocycles. The lowest BCUT2D eigenvalue weighted by molar-refractivity contribution is -0.384. The van der Waals surface area contributed by atoms with Crippen molar-refractivity contribution in [1.29, 1.82) is 0 Å². The van der Waals surface area contributed by atoms with Gasteiger partial charge in [0, 0.05) is 19.2 Å². The number of nitro benzene ring substituents is 1. The molecule has 10 nitrogen and oxygen atoms in total. The van der Waals surface area contributed by atoms with Gasteiger partial charge in [0.1, 0.15) is 23.6 Å². The summed E-state index contributed by atoms with van der Waals surface area (Å²) >= 11 is 1.20. The Morgan fingerprint density at radius 1 is 1.20 bits per heavy atom. The largest absolute Gasteiger partial charge is 0.494 e. The molecule has 0 aliphatic heterocycles. The third-order valence-electron chi connectivity index (χ3n) is 3.76. The average Bonchev–Trinajstić information content (AvgIpc) is 3.13. The number of aromatic nitrogens is 3. The zero-order chi connectivity index (χ0) is 21.5. The Morgan fingerprint density at radius 2 is 1.93 bits per heavy atom. The second kappa shape index (κ2) is 9.74. The maximum atomic E-state index is 12.3. The molecule has 0 bridgehead atoms. The number of hydrogen-bond donors (Lipinski definition) is 1. The van der Waals surface area contributed by atoms with E-state index in [9.17, 15) is 14.9 Å². The van der Waals surface area contributed by atoms with Crippen LogP contribution in [0.5, 0.6) is 17.2 Å². The van der Waals surface area contributed by atoms with Crippen LogP contribution in [0.3, 0.4) is 0 Å². The van der Waals surface area contributed by atoms with Gasteiger partial charge in [-0.2, -0.15) is 0 Å². The molecular formula is C19H19N5O5S. The lowest BCUT2D eigenvalue weighted by Gasteiger charge is -2.10. The van der Waals surface area contributed by atoms with Crippen LogP contribution >= 0.6 is 11.8 Å². The van der Waals surface area contributed by atoms with Crippen LogP contribution in [-0.2, 0) is 11.8 Å². The molecule has 11 heteroatoms. The third-order valence-corrected chi connectivity index (χ3v) is 4.79. The number of amides is 1. The summed E-state index contributed by atoms with van der Waals surface area (Å²) in [6.07, 6.45) is 1.53. The van der Waals surface area contributed by atoms with Gasteiger partial charge in [-0.15, -0.1) is 10.2 Å². The quantitative estimate of drug-likeness (QED) is 0.311. The van der Waals surface area contributed by atoms with E-state index in [4.69, 9.17) is 9.47 Å². The topological polar surface area (TPSA) is 121 Å². The summed E-state index contributed by atoms with van der Waals surface area (Å²) < 4.78 is 12.8. The summed E-state index contributed by atoms with van der Waals surface area (Å²) in [5.41, 5.74) is 0.0587. The minimum Gasteiger partial charge on any atom is -0.494 e. The number of nitrogens with one attached hydrogen (secondary N) is 1. The monoisotopic (exact) mass is 429 g/mol. The molecule has 156 valence electrons. The highest BCUT2D eigenvalue weighted by atomic mass is 32.2. The highest BCUT2D eigenvalue weighted by Crippen LogP contribution is 2.30. The number of hydrogen-bond acceptors (Lipinski definition) is 8. The number of ether oxygens (including phenoxy) is 2.